The van der Waals surface area contributed by atoms with Crippen molar-refractivity contribution in [1.29, 1.82) is 5.26 Å². The molecule has 0 atom stereocenters. The van der Waals surface area contributed by atoms with E-state index in [0.29, 0.717) is 38.6 Å². The zero-order valence-corrected chi connectivity index (χ0v) is 25.9. The SMILES string of the molecule is CN(C(=S)N(c1cnc(-c2cc(F)c(OC3CCN(C=O)CC3)c(F)c2)c(F)c1)C(C)(C)C=O)c1ccc(C#N)c(C(F)(F)F)c1F. The summed E-state index contributed by atoms with van der Waals surface area (Å²) >= 11 is 5.43. The number of anilines is 2. The first-order valence-electron chi connectivity index (χ1n) is 13.9. The van der Waals surface area contributed by atoms with Gasteiger partial charge in [-0.05, 0) is 50.3 Å². The lowest BCUT2D eigenvalue weighted by Crippen LogP contribution is -2.54. The number of nitrogens with zero attached hydrogens (tertiary/aromatic N) is 5. The lowest BCUT2D eigenvalue weighted by molar-refractivity contribution is -0.140. The number of nitriles is 1. The molecule has 0 bridgehead atoms. The van der Waals surface area contributed by atoms with Gasteiger partial charge in [-0.1, -0.05) is 0 Å². The van der Waals surface area contributed by atoms with Gasteiger partial charge >= 0.3 is 6.18 Å². The number of amides is 1. The maximum atomic E-state index is 15.6. The van der Waals surface area contributed by atoms with E-state index in [1.807, 2.05) is 0 Å². The van der Waals surface area contributed by atoms with E-state index < -0.39 is 74.5 Å². The van der Waals surface area contributed by atoms with E-state index >= 15 is 17.6 Å². The molecule has 0 saturated carbocycles. The third-order valence-corrected chi connectivity index (χ3v) is 7.95. The summed E-state index contributed by atoms with van der Waals surface area (Å²) in [5.74, 6) is -5.84. The molecule has 16 heteroatoms. The summed E-state index contributed by atoms with van der Waals surface area (Å²) in [6.45, 7) is 3.39. The highest BCUT2D eigenvalue weighted by Gasteiger charge is 2.40. The molecule has 8 nitrogen and oxygen atoms in total. The van der Waals surface area contributed by atoms with Gasteiger partial charge in [0.25, 0.3) is 0 Å². The molecular weight excluding hydrogens is 655 g/mol. The lowest BCUT2D eigenvalue weighted by Gasteiger charge is -2.39. The Hall–Kier alpha value is -4.78. The fourth-order valence-electron chi connectivity index (χ4n) is 5.03. The highest BCUT2D eigenvalue weighted by atomic mass is 32.1. The summed E-state index contributed by atoms with van der Waals surface area (Å²) in [6, 6.07) is 5.43. The number of likely N-dealkylation sites (tertiary alicyclic amines) is 1. The monoisotopic (exact) mass is 681 g/mol. The first-order valence-corrected chi connectivity index (χ1v) is 14.3. The average molecular weight is 682 g/mol. The van der Waals surface area contributed by atoms with Crippen LogP contribution >= 0.6 is 12.2 Å². The Balaban J connectivity index is 1.68. The van der Waals surface area contributed by atoms with Crippen LogP contribution in [0.1, 0.15) is 37.8 Å². The molecule has 1 aliphatic rings. The van der Waals surface area contributed by atoms with E-state index in [2.05, 4.69) is 4.98 Å². The summed E-state index contributed by atoms with van der Waals surface area (Å²) < 4.78 is 107. The Kier molecular flexibility index (Phi) is 10.1. The van der Waals surface area contributed by atoms with Gasteiger partial charge in [-0.3, -0.25) is 9.78 Å². The average Bonchev–Trinajstić information content (AvgIpc) is 3.01. The van der Waals surface area contributed by atoms with Gasteiger partial charge in [0.1, 0.15) is 23.6 Å². The van der Waals surface area contributed by atoms with E-state index in [4.69, 9.17) is 22.2 Å². The molecule has 1 aliphatic heterocycles. The number of thiocarbonyl (C=S) groups is 1. The van der Waals surface area contributed by atoms with Gasteiger partial charge < -0.3 is 24.2 Å². The van der Waals surface area contributed by atoms with Crippen molar-refractivity contribution in [2.75, 3.05) is 29.9 Å². The zero-order chi connectivity index (χ0) is 34.8. The lowest BCUT2D eigenvalue weighted by atomic mass is 10.0. The van der Waals surface area contributed by atoms with E-state index in [1.54, 1.807) is 0 Å². The maximum absolute atomic E-state index is 15.6. The van der Waals surface area contributed by atoms with Gasteiger partial charge in [-0.15, -0.1) is 0 Å². The Morgan fingerprint density at radius 3 is 2.19 bits per heavy atom. The molecule has 2 aromatic carbocycles. The minimum atomic E-state index is -5.23. The molecule has 1 amide bonds. The van der Waals surface area contributed by atoms with Crippen molar-refractivity contribution >= 4 is 41.4 Å². The first kappa shape index (κ1) is 35.1. The molecule has 1 saturated heterocycles. The van der Waals surface area contributed by atoms with Crippen molar-refractivity contribution in [3.8, 4) is 23.1 Å². The first-order chi connectivity index (χ1) is 22.0. The van der Waals surface area contributed by atoms with Crippen molar-refractivity contribution < 1.29 is 45.1 Å². The summed E-state index contributed by atoms with van der Waals surface area (Å²) in [6.07, 6.45) is -2.99. The number of alkyl halides is 3. The number of aromatic nitrogens is 1. The second kappa shape index (κ2) is 13.5. The van der Waals surface area contributed by atoms with E-state index in [0.717, 1.165) is 53.4 Å². The molecule has 0 aliphatic carbocycles. The molecule has 0 spiro atoms. The Labute approximate surface area is 269 Å². The third-order valence-electron chi connectivity index (χ3n) is 7.50. The van der Waals surface area contributed by atoms with Gasteiger partial charge in [-0.2, -0.15) is 18.4 Å². The second-order valence-corrected chi connectivity index (χ2v) is 11.5. The molecule has 2 heterocycles. The van der Waals surface area contributed by atoms with Crippen LogP contribution in [0, 0.1) is 34.6 Å². The maximum Gasteiger partial charge on any atom is 0.420 e. The number of hydrogen-bond acceptors (Lipinski definition) is 6. The van der Waals surface area contributed by atoms with Crippen molar-refractivity contribution in [1.82, 2.24) is 9.88 Å². The van der Waals surface area contributed by atoms with Crippen LogP contribution < -0.4 is 14.5 Å². The molecule has 47 heavy (non-hydrogen) atoms. The van der Waals surface area contributed by atoms with E-state index in [1.165, 1.54) is 24.8 Å². The Morgan fingerprint density at radius 2 is 1.68 bits per heavy atom. The molecule has 1 fully saturated rings. The van der Waals surface area contributed by atoms with Crippen LogP contribution in [-0.2, 0) is 15.8 Å². The van der Waals surface area contributed by atoms with Crippen molar-refractivity contribution in [3.05, 3.63) is 70.9 Å². The molecule has 1 aromatic heterocycles. The van der Waals surface area contributed by atoms with Gasteiger partial charge in [0.15, 0.2) is 34.1 Å². The number of halogens is 7. The summed E-state index contributed by atoms with van der Waals surface area (Å²) in [4.78, 5) is 30.3. The number of carbonyl (C=O) groups is 2. The molecule has 4 rings (SSSR count). The predicted molar refractivity (Wildman–Crippen MR) is 161 cm³/mol. The molecule has 248 valence electrons. The van der Waals surface area contributed by atoms with Gasteiger partial charge in [0.2, 0.25) is 6.41 Å². The fourth-order valence-corrected chi connectivity index (χ4v) is 5.47. The topological polar surface area (TPSA) is 89.8 Å². The summed E-state index contributed by atoms with van der Waals surface area (Å²) in [5.41, 5.74) is -6.06. The van der Waals surface area contributed by atoms with Gasteiger partial charge in [0, 0.05) is 44.6 Å². The zero-order valence-electron chi connectivity index (χ0n) is 25.0. The minimum absolute atomic E-state index is 0.201. The molecule has 0 radical (unpaired) electrons. The number of ether oxygens (including phenoxy) is 1. The quantitative estimate of drug-likeness (QED) is 0.153. The third kappa shape index (κ3) is 7.14. The number of piperidine rings is 1. The standard InChI is InChI=1S/C31H26F7N5O3S/c1-30(2,15-44)43(29(47)41(3)24-5-4-17(13-39)25(26(24)35)31(36,37)38)19-12-21(32)27(40-14-19)18-10-22(33)28(23(34)11-18)46-20-6-8-42(16-45)9-7-20/h4-5,10-12,14-16,20H,6-9H2,1-3H3. The van der Waals surface area contributed by atoms with Crippen LogP contribution in [0.4, 0.5) is 42.1 Å². The van der Waals surface area contributed by atoms with Crippen LogP contribution in [-0.4, -0.2) is 59.5 Å². The summed E-state index contributed by atoms with van der Waals surface area (Å²) in [5, 5.41) is 8.62. The van der Waals surface area contributed by atoms with E-state index in [-0.39, 0.29) is 11.3 Å². The number of benzene rings is 2. The van der Waals surface area contributed by atoms with Crippen molar-refractivity contribution in [3.63, 3.8) is 0 Å². The van der Waals surface area contributed by atoms with Crippen LogP contribution in [0.3, 0.4) is 0 Å². The highest BCUT2D eigenvalue weighted by Crippen LogP contribution is 2.39. The summed E-state index contributed by atoms with van der Waals surface area (Å²) in [7, 11) is 1.11. The molecule has 0 unspecified atom stereocenters. The smallest absolute Gasteiger partial charge is 0.420 e. The molecule has 3 aromatic rings. The number of carbonyl (C=O) groups excluding carboxylic acids is 2. The number of hydrogen-bond donors (Lipinski definition) is 0. The van der Waals surface area contributed by atoms with Crippen molar-refractivity contribution in [2.24, 2.45) is 0 Å². The fraction of sp³-hybridized carbons (Fsp3) is 0.323. The van der Waals surface area contributed by atoms with Crippen LogP contribution in [0.25, 0.3) is 11.3 Å². The Bertz CT molecular complexity index is 1730. The number of pyridine rings is 1. The molecular formula is C31H26F7N5O3S. The second-order valence-electron chi connectivity index (χ2n) is 11.1. The Morgan fingerprint density at radius 1 is 1.06 bits per heavy atom. The van der Waals surface area contributed by atoms with Crippen LogP contribution in [0.5, 0.6) is 5.75 Å². The molecule has 0 N–H and O–H groups in total. The number of rotatable bonds is 8. The number of aldehydes is 1. The predicted octanol–water partition coefficient (Wildman–Crippen LogP) is 6.40. The highest BCUT2D eigenvalue weighted by molar-refractivity contribution is 7.80. The van der Waals surface area contributed by atoms with E-state index in [9.17, 15) is 22.8 Å². The van der Waals surface area contributed by atoms with Crippen LogP contribution in [0.15, 0.2) is 36.5 Å². The van der Waals surface area contributed by atoms with Gasteiger partial charge in [0.05, 0.1) is 34.7 Å². The largest absolute Gasteiger partial charge is 0.484 e. The van der Waals surface area contributed by atoms with Crippen molar-refractivity contribution in [2.45, 2.75) is 44.5 Å². The normalized spacial score (nSPS) is 13.9. The van der Waals surface area contributed by atoms with Gasteiger partial charge in [-0.25, -0.2) is 17.6 Å². The minimum Gasteiger partial charge on any atom is -0.484 e. The van der Waals surface area contributed by atoms with Crippen LogP contribution in [0.2, 0.25) is 0 Å².